The SMILES string of the molecule is CCC1=C(CC(=O)O)c2c(OC)cccc2/C1=C\c1ccccc1-c1ccccc1. The lowest BCUT2D eigenvalue weighted by Gasteiger charge is -2.11. The Balaban J connectivity index is 1.95. The second kappa shape index (κ2) is 8.42. The van der Waals surface area contributed by atoms with Crippen LogP contribution >= 0.6 is 0 Å². The molecule has 1 aliphatic rings. The van der Waals surface area contributed by atoms with Gasteiger partial charge >= 0.3 is 5.97 Å². The van der Waals surface area contributed by atoms with E-state index >= 15 is 0 Å². The molecule has 1 aliphatic carbocycles. The molecule has 0 aliphatic heterocycles. The number of carbonyl (C=O) groups is 1. The number of aliphatic carboxylic acids is 1. The predicted molar refractivity (Wildman–Crippen MR) is 122 cm³/mol. The lowest BCUT2D eigenvalue weighted by atomic mass is 9.94. The largest absolute Gasteiger partial charge is 0.496 e. The van der Waals surface area contributed by atoms with Crippen LogP contribution in [0.4, 0.5) is 0 Å². The van der Waals surface area contributed by atoms with Crippen LogP contribution in [0.5, 0.6) is 5.75 Å². The van der Waals surface area contributed by atoms with Crippen LogP contribution in [0.2, 0.25) is 0 Å². The molecule has 0 radical (unpaired) electrons. The van der Waals surface area contributed by atoms with Gasteiger partial charge in [0.25, 0.3) is 0 Å². The molecule has 0 spiro atoms. The fraction of sp³-hybridized carbons (Fsp3) is 0.148. The molecule has 0 unspecified atom stereocenters. The van der Waals surface area contributed by atoms with Gasteiger partial charge in [-0.1, -0.05) is 73.7 Å². The first-order chi connectivity index (χ1) is 14.6. The van der Waals surface area contributed by atoms with Crippen LogP contribution in [0.3, 0.4) is 0 Å². The molecule has 0 heterocycles. The van der Waals surface area contributed by atoms with Crippen molar-refractivity contribution in [2.24, 2.45) is 0 Å². The highest BCUT2D eigenvalue weighted by Crippen LogP contribution is 2.49. The van der Waals surface area contributed by atoms with Crippen molar-refractivity contribution in [2.75, 3.05) is 7.11 Å². The maximum atomic E-state index is 11.6. The Bertz CT molecular complexity index is 1150. The van der Waals surface area contributed by atoms with Crippen LogP contribution in [-0.2, 0) is 4.79 Å². The number of rotatable bonds is 6. The van der Waals surface area contributed by atoms with Crippen LogP contribution < -0.4 is 4.74 Å². The molecule has 4 rings (SSSR count). The molecule has 150 valence electrons. The van der Waals surface area contributed by atoms with Gasteiger partial charge in [-0.2, -0.15) is 0 Å². The first-order valence-corrected chi connectivity index (χ1v) is 10.1. The summed E-state index contributed by atoms with van der Waals surface area (Å²) in [5.41, 5.74) is 8.34. The summed E-state index contributed by atoms with van der Waals surface area (Å²) in [4.78, 5) is 11.6. The first-order valence-electron chi connectivity index (χ1n) is 10.1. The Morgan fingerprint density at radius 2 is 1.60 bits per heavy atom. The van der Waals surface area contributed by atoms with Crippen LogP contribution in [0.25, 0.3) is 28.3 Å². The van der Waals surface area contributed by atoms with Crippen molar-refractivity contribution in [2.45, 2.75) is 19.8 Å². The number of carboxylic acid groups (broad SMARTS) is 1. The molecule has 0 saturated carbocycles. The van der Waals surface area contributed by atoms with Crippen LogP contribution in [0.1, 0.15) is 36.5 Å². The average Bonchev–Trinajstić information content (AvgIpc) is 3.06. The number of methoxy groups -OCH3 is 1. The van der Waals surface area contributed by atoms with Crippen molar-refractivity contribution < 1.29 is 14.6 Å². The van der Waals surface area contributed by atoms with E-state index in [0.29, 0.717) is 0 Å². The summed E-state index contributed by atoms with van der Waals surface area (Å²) in [7, 11) is 1.63. The second-order valence-electron chi connectivity index (χ2n) is 7.28. The van der Waals surface area contributed by atoms with Gasteiger partial charge in [-0.25, -0.2) is 0 Å². The number of fused-ring (bicyclic) bond motifs is 1. The summed E-state index contributed by atoms with van der Waals surface area (Å²) in [6.07, 6.45) is 2.92. The fourth-order valence-corrected chi connectivity index (χ4v) is 4.29. The smallest absolute Gasteiger partial charge is 0.307 e. The first kappa shape index (κ1) is 19.7. The predicted octanol–water partition coefficient (Wildman–Crippen LogP) is 6.55. The Kier molecular flexibility index (Phi) is 5.53. The van der Waals surface area contributed by atoms with Crippen LogP contribution in [0.15, 0.2) is 78.4 Å². The Labute approximate surface area is 177 Å². The Morgan fingerprint density at radius 3 is 2.30 bits per heavy atom. The number of benzene rings is 3. The Hall–Kier alpha value is -3.59. The van der Waals surface area contributed by atoms with Crippen molar-refractivity contribution in [1.29, 1.82) is 0 Å². The normalized spacial score (nSPS) is 14.1. The summed E-state index contributed by atoms with van der Waals surface area (Å²) in [6.45, 7) is 2.08. The summed E-state index contributed by atoms with van der Waals surface area (Å²) in [5.74, 6) is -0.117. The van der Waals surface area contributed by atoms with Crippen molar-refractivity contribution in [1.82, 2.24) is 0 Å². The average molecular weight is 396 g/mol. The topological polar surface area (TPSA) is 46.5 Å². The lowest BCUT2D eigenvalue weighted by molar-refractivity contribution is -0.135. The highest BCUT2D eigenvalue weighted by atomic mass is 16.5. The number of carboxylic acids is 1. The standard InChI is InChI=1S/C27H24O3/c1-3-20-23(16-19-12-7-8-13-21(19)18-10-5-4-6-11-18)22-14-9-15-25(30-2)27(22)24(20)17-26(28)29/h4-16H,3,17H2,1-2H3,(H,28,29)/b23-16-. The maximum absolute atomic E-state index is 11.6. The number of ether oxygens (including phenoxy) is 1. The minimum absolute atomic E-state index is 0.0196. The van der Waals surface area contributed by atoms with Crippen LogP contribution in [0, 0.1) is 0 Å². The van der Waals surface area contributed by atoms with Gasteiger partial charge in [0.15, 0.2) is 0 Å². The lowest BCUT2D eigenvalue weighted by Crippen LogP contribution is -1.99. The van der Waals surface area contributed by atoms with E-state index in [0.717, 1.165) is 56.7 Å². The number of hydrogen-bond acceptors (Lipinski definition) is 2. The molecule has 3 heteroatoms. The molecule has 0 bridgehead atoms. The second-order valence-corrected chi connectivity index (χ2v) is 7.28. The van der Waals surface area contributed by atoms with Gasteiger partial charge in [0.2, 0.25) is 0 Å². The summed E-state index contributed by atoms with van der Waals surface area (Å²) in [6, 6.07) is 24.5. The van der Waals surface area contributed by atoms with Gasteiger partial charge in [-0.3, -0.25) is 4.79 Å². The fourth-order valence-electron chi connectivity index (χ4n) is 4.29. The van der Waals surface area contributed by atoms with Crippen LogP contribution in [-0.4, -0.2) is 18.2 Å². The molecule has 3 nitrogen and oxygen atoms in total. The monoisotopic (exact) mass is 396 g/mol. The van der Waals surface area contributed by atoms with E-state index < -0.39 is 5.97 Å². The van der Waals surface area contributed by atoms with Crippen molar-refractivity contribution >= 4 is 23.2 Å². The van der Waals surface area contributed by atoms with E-state index in [-0.39, 0.29) is 6.42 Å². The highest BCUT2D eigenvalue weighted by molar-refractivity contribution is 6.09. The zero-order valence-corrected chi connectivity index (χ0v) is 17.2. The van der Waals surface area contributed by atoms with E-state index in [2.05, 4.69) is 43.3 Å². The van der Waals surface area contributed by atoms with Crippen molar-refractivity contribution in [3.05, 3.63) is 95.1 Å². The molecule has 0 amide bonds. The third kappa shape index (κ3) is 3.55. The molecular weight excluding hydrogens is 372 g/mol. The van der Waals surface area contributed by atoms with E-state index in [9.17, 15) is 9.90 Å². The maximum Gasteiger partial charge on any atom is 0.307 e. The molecule has 0 fully saturated rings. The van der Waals surface area contributed by atoms with E-state index in [1.165, 1.54) is 0 Å². The third-order valence-electron chi connectivity index (χ3n) is 5.55. The minimum Gasteiger partial charge on any atom is -0.496 e. The highest BCUT2D eigenvalue weighted by Gasteiger charge is 2.29. The van der Waals surface area contributed by atoms with Gasteiger partial charge < -0.3 is 9.84 Å². The van der Waals surface area contributed by atoms with Gasteiger partial charge in [0.1, 0.15) is 5.75 Å². The minimum atomic E-state index is -0.834. The summed E-state index contributed by atoms with van der Waals surface area (Å²) in [5, 5.41) is 9.55. The zero-order valence-electron chi connectivity index (χ0n) is 17.2. The van der Waals surface area contributed by atoms with Gasteiger partial charge in [-0.05, 0) is 57.5 Å². The zero-order chi connectivity index (χ0) is 21.1. The molecular formula is C27H24O3. The quantitative estimate of drug-likeness (QED) is 0.513. The molecule has 1 N–H and O–H groups in total. The van der Waals surface area contributed by atoms with Gasteiger partial charge in [0, 0.05) is 5.56 Å². The molecule has 0 aromatic heterocycles. The third-order valence-corrected chi connectivity index (χ3v) is 5.55. The molecule has 3 aromatic rings. The molecule has 3 aromatic carbocycles. The number of allylic oxidation sites excluding steroid dienone is 2. The van der Waals surface area contributed by atoms with Crippen molar-refractivity contribution in [3.8, 4) is 16.9 Å². The molecule has 0 saturated heterocycles. The molecule has 30 heavy (non-hydrogen) atoms. The van der Waals surface area contributed by atoms with E-state index in [1.54, 1.807) is 7.11 Å². The van der Waals surface area contributed by atoms with E-state index in [4.69, 9.17) is 4.74 Å². The molecule has 0 atom stereocenters. The van der Waals surface area contributed by atoms with E-state index in [1.807, 2.05) is 42.5 Å². The number of hydrogen-bond donors (Lipinski definition) is 1. The van der Waals surface area contributed by atoms with Crippen molar-refractivity contribution in [3.63, 3.8) is 0 Å². The van der Waals surface area contributed by atoms with Gasteiger partial charge in [0.05, 0.1) is 13.5 Å². The van der Waals surface area contributed by atoms with Gasteiger partial charge in [-0.15, -0.1) is 0 Å². The Morgan fingerprint density at radius 1 is 0.900 bits per heavy atom. The summed E-state index contributed by atoms with van der Waals surface area (Å²) >= 11 is 0. The summed E-state index contributed by atoms with van der Waals surface area (Å²) < 4.78 is 5.60.